The van der Waals surface area contributed by atoms with Gasteiger partial charge in [0.1, 0.15) is 5.75 Å². The minimum atomic E-state index is -0.403. The quantitative estimate of drug-likeness (QED) is 0.853. The molecule has 5 nitrogen and oxygen atoms in total. The number of rotatable bonds is 4. The van der Waals surface area contributed by atoms with E-state index >= 15 is 0 Å². The van der Waals surface area contributed by atoms with E-state index in [1.807, 2.05) is 32.9 Å². The number of ether oxygens (including phenoxy) is 1. The van der Waals surface area contributed by atoms with Gasteiger partial charge >= 0.3 is 0 Å². The molecule has 0 radical (unpaired) electrons. The number of hydrogen-bond donors (Lipinski definition) is 2. The summed E-state index contributed by atoms with van der Waals surface area (Å²) in [7, 11) is 0. The van der Waals surface area contributed by atoms with Crippen molar-refractivity contribution in [1.29, 1.82) is 0 Å². The smallest absolute Gasteiger partial charge is 0.269 e. The van der Waals surface area contributed by atoms with E-state index in [1.165, 1.54) is 0 Å². The molecule has 0 aromatic heterocycles. The molecule has 2 aromatic carbocycles. The Morgan fingerprint density at radius 1 is 0.913 bits per heavy atom. The number of carbonyl (C=O) groups is 2. The molecule has 2 N–H and O–H groups in total. The van der Waals surface area contributed by atoms with Crippen LogP contribution in [0.1, 0.15) is 40.1 Å². The Hall–Kier alpha value is -2.82. The number of nitrogens with one attached hydrogen (secondary N) is 2. The van der Waals surface area contributed by atoms with Crippen molar-refractivity contribution in [2.45, 2.75) is 26.9 Å². The molecule has 0 aliphatic heterocycles. The lowest BCUT2D eigenvalue weighted by atomic mass is 10.1. The van der Waals surface area contributed by atoms with Gasteiger partial charge in [0, 0.05) is 11.1 Å². The Balaban J connectivity index is 1.96. The van der Waals surface area contributed by atoms with Crippen molar-refractivity contribution in [3.05, 3.63) is 65.2 Å². The summed E-state index contributed by atoms with van der Waals surface area (Å²) >= 11 is 0. The van der Waals surface area contributed by atoms with E-state index in [9.17, 15) is 9.59 Å². The summed E-state index contributed by atoms with van der Waals surface area (Å²) < 4.78 is 5.54. The van der Waals surface area contributed by atoms with Crippen LogP contribution in [-0.2, 0) is 0 Å². The van der Waals surface area contributed by atoms with Crippen molar-refractivity contribution >= 4 is 11.8 Å². The van der Waals surface area contributed by atoms with Crippen LogP contribution in [-0.4, -0.2) is 17.9 Å². The standard InChI is InChI=1S/C18H20N2O3/c1-12(2)23-16-6-4-5-15(11-16)18(22)20-19-17(21)14-9-7-13(3)8-10-14/h4-12H,1-3H3,(H,19,21)(H,20,22). The lowest BCUT2D eigenvalue weighted by molar-refractivity contribution is 0.0846. The molecule has 2 amide bonds. The fraction of sp³-hybridized carbons (Fsp3) is 0.222. The molecule has 0 saturated carbocycles. The summed E-state index contributed by atoms with van der Waals surface area (Å²) in [6.07, 6.45) is 0.0227. The van der Waals surface area contributed by atoms with Gasteiger partial charge in [0.15, 0.2) is 0 Å². The Morgan fingerprint density at radius 2 is 1.52 bits per heavy atom. The second-order valence-electron chi connectivity index (χ2n) is 5.47. The lowest BCUT2D eigenvalue weighted by Gasteiger charge is -2.11. The average molecular weight is 312 g/mol. The zero-order valence-electron chi connectivity index (χ0n) is 13.4. The van der Waals surface area contributed by atoms with Crippen molar-refractivity contribution in [2.75, 3.05) is 0 Å². The highest BCUT2D eigenvalue weighted by atomic mass is 16.5. The predicted octanol–water partition coefficient (Wildman–Crippen LogP) is 2.86. The third kappa shape index (κ3) is 4.85. The predicted molar refractivity (Wildman–Crippen MR) is 88.3 cm³/mol. The van der Waals surface area contributed by atoms with E-state index in [2.05, 4.69) is 10.9 Å². The van der Waals surface area contributed by atoms with Crippen LogP contribution in [0.5, 0.6) is 5.75 Å². The van der Waals surface area contributed by atoms with Crippen molar-refractivity contribution < 1.29 is 14.3 Å². The molecule has 0 bridgehead atoms. The molecule has 0 aliphatic rings. The number of hydrogen-bond acceptors (Lipinski definition) is 3. The first-order valence-electron chi connectivity index (χ1n) is 7.40. The highest BCUT2D eigenvalue weighted by molar-refractivity contribution is 5.99. The van der Waals surface area contributed by atoms with Crippen LogP contribution in [0.25, 0.3) is 0 Å². The highest BCUT2D eigenvalue weighted by Gasteiger charge is 2.10. The van der Waals surface area contributed by atoms with E-state index in [1.54, 1.807) is 36.4 Å². The number of amides is 2. The number of carbonyl (C=O) groups excluding carboxylic acids is 2. The zero-order valence-corrected chi connectivity index (χ0v) is 13.4. The van der Waals surface area contributed by atoms with Gasteiger partial charge in [-0.2, -0.15) is 0 Å². The molecule has 0 spiro atoms. The molecular weight excluding hydrogens is 292 g/mol. The van der Waals surface area contributed by atoms with Gasteiger partial charge in [0.2, 0.25) is 0 Å². The summed E-state index contributed by atoms with van der Waals surface area (Å²) in [6.45, 7) is 5.76. The minimum Gasteiger partial charge on any atom is -0.491 e. The van der Waals surface area contributed by atoms with Gasteiger partial charge in [-0.1, -0.05) is 23.8 Å². The number of benzene rings is 2. The fourth-order valence-electron chi connectivity index (χ4n) is 1.95. The van der Waals surface area contributed by atoms with Gasteiger partial charge in [0.25, 0.3) is 11.8 Å². The lowest BCUT2D eigenvalue weighted by Crippen LogP contribution is -2.41. The zero-order chi connectivity index (χ0) is 16.8. The molecule has 0 atom stereocenters. The SMILES string of the molecule is Cc1ccc(C(=O)NNC(=O)c2cccc(OC(C)C)c2)cc1. The molecule has 2 aromatic rings. The van der Waals surface area contributed by atoms with Crippen molar-refractivity contribution in [3.8, 4) is 5.75 Å². The van der Waals surface area contributed by atoms with E-state index < -0.39 is 5.91 Å². The highest BCUT2D eigenvalue weighted by Crippen LogP contribution is 2.14. The largest absolute Gasteiger partial charge is 0.491 e. The van der Waals surface area contributed by atoms with E-state index in [0.717, 1.165) is 5.56 Å². The Bertz CT molecular complexity index is 694. The third-order valence-electron chi connectivity index (χ3n) is 3.07. The van der Waals surface area contributed by atoms with Crippen LogP contribution in [0.15, 0.2) is 48.5 Å². The molecule has 0 unspecified atom stereocenters. The van der Waals surface area contributed by atoms with Crippen molar-refractivity contribution in [3.63, 3.8) is 0 Å². The maximum Gasteiger partial charge on any atom is 0.269 e. The molecule has 120 valence electrons. The molecule has 5 heteroatoms. The van der Waals surface area contributed by atoms with Crippen LogP contribution in [0.4, 0.5) is 0 Å². The van der Waals surface area contributed by atoms with Crippen LogP contribution < -0.4 is 15.6 Å². The van der Waals surface area contributed by atoms with Gasteiger partial charge in [-0.05, 0) is 51.1 Å². The van der Waals surface area contributed by atoms with Gasteiger partial charge in [0.05, 0.1) is 6.10 Å². The molecule has 2 rings (SSSR count). The summed E-state index contributed by atoms with van der Waals surface area (Å²) in [4.78, 5) is 24.0. The van der Waals surface area contributed by atoms with Crippen LogP contribution in [0.2, 0.25) is 0 Å². The minimum absolute atomic E-state index is 0.0227. The second-order valence-corrected chi connectivity index (χ2v) is 5.47. The van der Waals surface area contributed by atoms with Gasteiger partial charge in [-0.15, -0.1) is 0 Å². The topological polar surface area (TPSA) is 67.4 Å². The number of hydrazine groups is 1. The molecular formula is C18H20N2O3. The molecule has 23 heavy (non-hydrogen) atoms. The monoisotopic (exact) mass is 312 g/mol. The second kappa shape index (κ2) is 7.45. The average Bonchev–Trinajstić information content (AvgIpc) is 2.52. The molecule has 0 fully saturated rings. The summed E-state index contributed by atoms with van der Waals surface area (Å²) in [5, 5.41) is 0. The normalized spacial score (nSPS) is 10.3. The van der Waals surface area contributed by atoms with Gasteiger partial charge in [-0.3, -0.25) is 20.4 Å². The summed E-state index contributed by atoms with van der Waals surface area (Å²) in [5.74, 6) is -0.162. The fourth-order valence-corrected chi connectivity index (χ4v) is 1.95. The maximum atomic E-state index is 12.1. The molecule has 0 heterocycles. The first-order valence-corrected chi connectivity index (χ1v) is 7.40. The van der Waals surface area contributed by atoms with Gasteiger partial charge in [-0.25, -0.2) is 0 Å². The van der Waals surface area contributed by atoms with E-state index in [-0.39, 0.29) is 12.0 Å². The van der Waals surface area contributed by atoms with Crippen LogP contribution in [0.3, 0.4) is 0 Å². The van der Waals surface area contributed by atoms with Crippen molar-refractivity contribution in [1.82, 2.24) is 10.9 Å². The molecule has 0 aliphatic carbocycles. The summed E-state index contributed by atoms with van der Waals surface area (Å²) in [5.41, 5.74) is 6.75. The van der Waals surface area contributed by atoms with Gasteiger partial charge < -0.3 is 4.74 Å². The first kappa shape index (κ1) is 16.5. The molecule has 0 saturated heterocycles. The van der Waals surface area contributed by atoms with E-state index in [4.69, 9.17) is 4.74 Å². The van der Waals surface area contributed by atoms with E-state index in [0.29, 0.717) is 16.9 Å². The Labute approximate surface area is 135 Å². The number of aryl methyl sites for hydroxylation is 1. The Morgan fingerprint density at radius 3 is 2.13 bits per heavy atom. The van der Waals surface area contributed by atoms with Crippen LogP contribution >= 0.6 is 0 Å². The maximum absolute atomic E-state index is 12.1. The third-order valence-corrected chi connectivity index (χ3v) is 3.07. The Kier molecular flexibility index (Phi) is 5.36. The van der Waals surface area contributed by atoms with Crippen LogP contribution in [0, 0.1) is 6.92 Å². The first-order chi connectivity index (χ1) is 11.0. The summed E-state index contributed by atoms with van der Waals surface area (Å²) in [6, 6.07) is 13.9. The van der Waals surface area contributed by atoms with Crippen molar-refractivity contribution in [2.24, 2.45) is 0 Å².